The number of aliphatic hydroxyl groups is 1. The van der Waals surface area contributed by atoms with Crippen molar-refractivity contribution < 1.29 is 15.0 Å². The van der Waals surface area contributed by atoms with Crippen molar-refractivity contribution in [2.75, 3.05) is 0 Å². The fourth-order valence-corrected chi connectivity index (χ4v) is 4.23. The van der Waals surface area contributed by atoms with Crippen LogP contribution in [0.25, 0.3) is 0 Å². The average molecular weight is 385 g/mol. The Balaban J connectivity index is 1.82. The fraction of sp³-hybridized carbons (Fsp3) is 0.560. The highest BCUT2D eigenvalue weighted by Gasteiger charge is 2.37. The molecule has 3 nitrogen and oxygen atoms in total. The maximum Gasteiger partial charge on any atom is 0.303 e. The second-order valence-corrected chi connectivity index (χ2v) is 8.40. The van der Waals surface area contributed by atoms with Gasteiger partial charge in [0.25, 0.3) is 0 Å². The monoisotopic (exact) mass is 384 g/mol. The van der Waals surface area contributed by atoms with Crippen molar-refractivity contribution in [2.24, 2.45) is 23.7 Å². The standard InChI is InChI=1S/C25H36O3/c1-19(14-16-21-10-6-5-7-11-21)15-17-23-22(20(2)18-24(23)26)12-8-3-4-9-13-25(27)28/h3,5-8,10-11,15,17,19-20,22-24,26H,4,9,12-14,16,18H2,1-2H3,(H,27,28)/b8-3-,17-15+/t19-,20-,22-,23+,24+/m0/s1. The van der Waals surface area contributed by atoms with E-state index in [-0.39, 0.29) is 18.4 Å². The summed E-state index contributed by atoms with van der Waals surface area (Å²) >= 11 is 0. The summed E-state index contributed by atoms with van der Waals surface area (Å²) in [5, 5.41) is 19.2. The first-order valence-electron chi connectivity index (χ1n) is 10.7. The van der Waals surface area contributed by atoms with Crippen LogP contribution in [0.1, 0.15) is 57.9 Å². The Morgan fingerprint density at radius 2 is 2.00 bits per heavy atom. The van der Waals surface area contributed by atoms with E-state index in [1.165, 1.54) is 5.56 Å². The third-order valence-electron chi connectivity index (χ3n) is 6.01. The van der Waals surface area contributed by atoms with Crippen LogP contribution in [0.2, 0.25) is 0 Å². The lowest BCUT2D eigenvalue weighted by atomic mass is 9.85. The van der Waals surface area contributed by atoms with Gasteiger partial charge in [-0.15, -0.1) is 0 Å². The molecule has 1 fully saturated rings. The van der Waals surface area contributed by atoms with Crippen LogP contribution in [0.15, 0.2) is 54.6 Å². The minimum atomic E-state index is -0.729. The Bertz CT molecular complexity index is 634. The Kier molecular flexibility index (Phi) is 9.49. The highest BCUT2D eigenvalue weighted by Crippen LogP contribution is 2.40. The number of rotatable bonds is 11. The van der Waals surface area contributed by atoms with Crippen molar-refractivity contribution in [1.82, 2.24) is 0 Å². The molecule has 0 spiro atoms. The zero-order valence-electron chi connectivity index (χ0n) is 17.3. The Labute approximate surface area is 170 Å². The number of hydrogen-bond acceptors (Lipinski definition) is 2. The van der Waals surface area contributed by atoms with E-state index in [0.717, 1.165) is 32.1 Å². The zero-order valence-corrected chi connectivity index (χ0v) is 17.3. The van der Waals surface area contributed by atoms with Crippen LogP contribution in [0.3, 0.4) is 0 Å². The fourth-order valence-electron chi connectivity index (χ4n) is 4.23. The molecular weight excluding hydrogens is 348 g/mol. The van der Waals surface area contributed by atoms with E-state index < -0.39 is 5.97 Å². The lowest BCUT2D eigenvalue weighted by Crippen LogP contribution is -2.17. The quantitative estimate of drug-likeness (QED) is 0.383. The summed E-state index contributed by atoms with van der Waals surface area (Å²) in [6.45, 7) is 4.49. The van der Waals surface area contributed by atoms with Crippen molar-refractivity contribution >= 4 is 5.97 Å². The summed E-state index contributed by atoms with van der Waals surface area (Å²) in [7, 11) is 0. The van der Waals surface area contributed by atoms with E-state index in [4.69, 9.17) is 5.11 Å². The molecule has 1 aromatic rings. The van der Waals surface area contributed by atoms with Crippen LogP contribution in [-0.4, -0.2) is 22.3 Å². The number of carbonyl (C=O) groups is 1. The van der Waals surface area contributed by atoms with Crippen LogP contribution >= 0.6 is 0 Å². The number of aryl methyl sites for hydroxylation is 1. The smallest absolute Gasteiger partial charge is 0.303 e. The maximum absolute atomic E-state index is 10.6. The van der Waals surface area contributed by atoms with Crippen LogP contribution in [0.5, 0.6) is 0 Å². The SMILES string of the molecule is C[C@H](/C=C/[C@@H]1[C@@H](C/C=C\CCCC(=O)O)[C@@H](C)C[C@H]1O)CCc1ccccc1. The summed E-state index contributed by atoms with van der Waals surface area (Å²) in [5.41, 5.74) is 1.38. The molecule has 1 saturated carbocycles. The average Bonchev–Trinajstić information content (AvgIpc) is 2.94. The van der Waals surface area contributed by atoms with E-state index >= 15 is 0 Å². The molecule has 0 amide bonds. The molecule has 28 heavy (non-hydrogen) atoms. The van der Waals surface area contributed by atoms with Crippen molar-refractivity contribution in [2.45, 2.75) is 64.9 Å². The molecule has 1 aromatic carbocycles. The van der Waals surface area contributed by atoms with Crippen molar-refractivity contribution in [3.8, 4) is 0 Å². The number of benzene rings is 1. The molecule has 0 radical (unpaired) electrons. The maximum atomic E-state index is 10.6. The first-order chi connectivity index (χ1) is 13.5. The topological polar surface area (TPSA) is 57.5 Å². The number of hydrogen-bond donors (Lipinski definition) is 2. The number of aliphatic hydroxyl groups excluding tert-OH is 1. The largest absolute Gasteiger partial charge is 0.481 e. The van der Waals surface area contributed by atoms with Crippen LogP contribution in [0.4, 0.5) is 0 Å². The van der Waals surface area contributed by atoms with Gasteiger partial charge >= 0.3 is 5.97 Å². The third kappa shape index (κ3) is 7.63. The van der Waals surface area contributed by atoms with Gasteiger partial charge < -0.3 is 10.2 Å². The molecular formula is C25H36O3. The van der Waals surface area contributed by atoms with Gasteiger partial charge in [0.05, 0.1) is 6.10 Å². The second-order valence-electron chi connectivity index (χ2n) is 8.40. The number of carboxylic acids is 1. The Morgan fingerprint density at radius 3 is 2.71 bits per heavy atom. The molecule has 1 aliphatic carbocycles. The highest BCUT2D eigenvalue weighted by atomic mass is 16.4. The van der Waals surface area contributed by atoms with Gasteiger partial charge in [-0.1, -0.05) is 68.5 Å². The van der Waals surface area contributed by atoms with Gasteiger partial charge in [0.15, 0.2) is 0 Å². The van der Waals surface area contributed by atoms with Gasteiger partial charge in [-0.3, -0.25) is 4.79 Å². The van der Waals surface area contributed by atoms with Gasteiger partial charge in [-0.2, -0.15) is 0 Å². The first kappa shape index (κ1) is 22.4. The second kappa shape index (κ2) is 11.9. The normalized spacial score (nSPS) is 26.2. The molecule has 1 aliphatic rings. The lowest BCUT2D eigenvalue weighted by Gasteiger charge is -2.20. The summed E-state index contributed by atoms with van der Waals surface area (Å²) in [5.74, 6) is 0.956. The van der Waals surface area contributed by atoms with E-state index in [2.05, 4.69) is 68.5 Å². The van der Waals surface area contributed by atoms with E-state index in [1.54, 1.807) is 0 Å². The summed E-state index contributed by atoms with van der Waals surface area (Å²) in [6, 6.07) is 10.6. The Hall–Kier alpha value is -1.87. The van der Waals surface area contributed by atoms with Crippen molar-refractivity contribution in [3.05, 3.63) is 60.2 Å². The molecule has 0 heterocycles. The van der Waals surface area contributed by atoms with Crippen LogP contribution in [-0.2, 0) is 11.2 Å². The van der Waals surface area contributed by atoms with Gasteiger partial charge in [0.2, 0.25) is 0 Å². The highest BCUT2D eigenvalue weighted by molar-refractivity contribution is 5.66. The van der Waals surface area contributed by atoms with E-state index in [1.807, 2.05) is 0 Å². The zero-order chi connectivity index (χ0) is 20.4. The molecule has 2 N–H and O–H groups in total. The predicted octanol–water partition coefficient (Wildman–Crippen LogP) is 5.65. The molecule has 154 valence electrons. The minimum absolute atomic E-state index is 0.220. The number of allylic oxidation sites excluding steroid dienone is 3. The first-order valence-corrected chi connectivity index (χ1v) is 10.7. The lowest BCUT2D eigenvalue weighted by molar-refractivity contribution is -0.137. The summed E-state index contributed by atoms with van der Waals surface area (Å²) in [6.07, 6.45) is 14.3. The van der Waals surface area contributed by atoms with Gasteiger partial charge in [-0.05, 0) is 61.8 Å². The number of carboxylic acid groups (broad SMARTS) is 1. The summed E-state index contributed by atoms with van der Waals surface area (Å²) in [4.78, 5) is 10.6. The van der Waals surface area contributed by atoms with E-state index in [9.17, 15) is 9.90 Å². The summed E-state index contributed by atoms with van der Waals surface area (Å²) < 4.78 is 0. The Morgan fingerprint density at radius 1 is 1.25 bits per heavy atom. The minimum Gasteiger partial charge on any atom is -0.481 e. The van der Waals surface area contributed by atoms with Crippen LogP contribution < -0.4 is 0 Å². The molecule has 3 heteroatoms. The molecule has 5 atom stereocenters. The molecule has 0 unspecified atom stereocenters. The molecule has 0 saturated heterocycles. The molecule has 2 rings (SSSR count). The van der Waals surface area contributed by atoms with Crippen LogP contribution in [0, 0.1) is 23.7 Å². The number of aliphatic carboxylic acids is 1. The predicted molar refractivity (Wildman–Crippen MR) is 115 cm³/mol. The third-order valence-corrected chi connectivity index (χ3v) is 6.01. The van der Waals surface area contributed by atoms with E-state index in [0.29, 0.717) is 24.2 Å². The molecule has 0 aromatic heterocycles. The van der Waals surface area contributed by atoms with Gasteiger partial charge in [0, 0.05) is 12.3 Å². The van der Waals surface area contributed by atoms with Gasteiger partial charge in [-0.25, -0.2) is 0 Å². The van der Waals surface area contributed by atoms with Gasteiger partial charge in [0.1, 0.15) is 0 Å². The molecule has 0 bridgehead atoms. The van der Waals surface area contributed by atoms with Crippen molar-refractivity contribution in [3.63, 3.8) is 0 Å². The van der Waals surface area contributed by atoms with Crippen molar-refractivity contribution in [1.29, 1.82) is 0 Å². The molecule has 0 aliphatic heterocycles. The number of unbranched alkanes of at least 4 members (excludes halogenated alkanes) is 1.